The number of carbonyl (C=O) groups excluding carboxylic acids is 2. The highest BCUT2D eigenvalue weighted by atomic mass is 32.2. The van der Waals surface area contributed by atoms with Crippen LogP contribution < -0.4 is 4.74 Å². The summed E-state index contributed by atoms with van der Waals surface area (Å²) in [6, 6.07) is 25.8. The number of nitrogens with zero attached hydrogens (tertiary/aromatic N) is 2. The second-order valence-electron chi connectivity index (χ2n) is 9.35. The maximum atomic E-state index is 13.2. The van der Waals surface area contributed by atoms with Crippen LogP contribution in [0, 0.1) is 17.2 Å². The van der Waals surface area contributed by atoms with Crippen molar-refractivity contribution < 1.29 is 19.1 Å². The monoisotopic (exact) mass is 528 g/mol. The standard InChI is InChI=1S/C31H32N2O4S/c1-36-30(34)19-26-17-27(33(31(26)35)16-6-9-22-7-4-3-5-8-22)21-37-28-15-14-25(18-29(28)38-2)24-12-10-23(20-32)11-13-24/h3-5,7-8,10-15,18,26-27H,6,9,16-17,19,21H2,1-2H3. The summed E-state index contributed by atoms with van der Waals surface area (Å²) in [7, 11) is 1.35. The summed E-state index contributed by atoms with van der Waals surface area (Å²) in [4.78, 5) is 28.0. The molecule has 1 aliphatic rings. The van der Waals surface area contributed by atoms with Gasteiger partial charge in [0.05, 0.1) is 37.1 Å². The SMILES string of the molecule is COC(=O)CC1CC(COc2ccc(-c3ccc(C#N)cc3)cc2SC)N(CCCc2ccccc2)C1=O. The molecule has 2 unspecified atom stereocenters. The van der Waals surface area contributed by atoms with Crippen molar-refractivity contribution in [2.45, 2.75) is 36.6 Å². The Hall–Kier alpha value is -3.76. The van der Waals surface area contributed by atoms with Gasteiger partial charge in [0, 0.05) is 11.4 Å². The van der Waals surface area contributed by atoms with E-state index in [1.54, 1.807) is 11.8 Å². The zero-order valence-corrected chi connectivity index (χ0v) is 22.6. The van der Waals surface area contributed by atoms with Crippen molar-refractivity contribution in [3.05, 3.63) is 83.9 Å². The maximum absolute atomic E-state index is 13.2. The van der Waals surface area contributed by atoms with E-state index >= 15 is 0 Å². The van der Waals surface area contributed by atoms with Crippen molar-refractivity contribution in [1.29, 1.82) is 5.26 Å². The van der Waals surface area contributed by atoms with E-state index in [0.29, 0.717) is 25.1 Å². The molecule has 7 heteroatoms. The number of nitriles is 1. The Morgan fingerprint density at radius 3 is 2.50 bits per heavy atom. The normalized spacial score (nSPS) is 16.8. The number of amides is 1. The number of aryl methyl sites for hydroxylation is 1. The van der Waals surface area contributed by atoms with E-state index in [4.69, 9.17) is 14.7 Å². The number of esters is 1. The molecule has 6 nitrogen and oxygen atoms in total. The van der Waals surface area contributed by atoms with E-state index in [-0.39, 0.29) is 30.3 Å². The molecular weight excluding hydrogens is 496 g/mol. The van der Waals surface area contributed by atoms with Crippen LogP contribution in [0.25, 0.3) is 11.1 Å². The molecule has 38 heavy (non-hydrogen) atoms. The first-order valence-corrected chi connectivity index (χ1v) is 14.0. The number of benzene rings is 3. The lowest BCUT2D eigenvalue weighted by atomic mass is 10.0. The number of likely N-dealkylation sites (tertiary alicyclic amines) is 1. The van der Waals surface area contributed by atoms with Gasteiger partial charge in [-0.15, -0.1) is 11.8 Å². The minimum Gasteiger partial charge on any atom is -0.490 e. The molecule has 2 atom stereocenters. The number of carbonyl (C=O) groups is 2. The molecule has 3 aromatic rings. The van der Waals surface area contributed by atoms with Crippen molar-refractivity contribution in [3.63, 3.8) is 0 Å². The van der Waals surface area contributed by atoms with Gasteiger partial charge in [-0.05, 0) is 66.5 Å². The zero-order valence-electron chi connectivity index (χ0n) is 21.8. The molecule has 4 rings (SSSR count). The van der Waals surface area contributed by atoms with Crippen LogP contribution in [-0.4, -0.2) is 49.3 Å². The quantitative estimate of drug-likeness (QED) is 0.233. The summed E-state index contributed by atoms with van der Waals surface area (Å²) in [5.41, 5.74) is 3.94. The zero-order chi connectivity index (χ0) is 26.9. The average Bonchev–Trinajstić information content (AvgIpc) is 3.25. The fraction of sp³-hybridized carbons (Fsp3) is 0.323. The fourth-order valence-corrected chi connectivity index (χ4v) is 5.44. The first-order valence-electron chi connectivity index (χ1n) is 12.7. The van der Waals surface area contributed by atoms with Crippen molar-refractivity contribution in [3.8, 4) is 22.9 Å². The smallest absolute Gasteiger partial charge is 0.306 e. The number of hydrogen-bond acceptors (Lipinski definition) is 6. The van der Waals surface area contributed by atoms with E-state index in [0.717, 1.165) is 34.6 Å². The van der Waals surface area contributed by atoms with Crippen molar-refractivity contribution >= 4 is 23.6 Å². The van der Waals surface area contributed by atoms with Crippen molar-refractivity contribution in [2.75, 3.05) is 26.5 Å². The summed E-state index contributed by atoms with van der Waals surface area (Å²) in [5.74, 6) is 0.0186. The predicted octanol–water partition coefficient (Wildman–Crippen LogP) is 5.74. The number of hydrogen-bond donors (Lipinski definition) is 0. The first-order chi connectivity index (χ1) is 18.5. The third-order valence-corrected chi connectivity index (χ3v) is 7.68. The van der Waals surface area contributed by atoms with Crippen LogP contribution in [0.1, 0.15) is 30.4 Å². The molecule has 0 bridgehead atoms. The van der Waals surface area contributed by atoms with Gasteiger partial charge >= 0.3 is 5.97 Å². The van der Waals surface area contributed by atoms with Crippen molar-refractivity contribution in [1.82, 2.24) is 4.90 Å². The molecule has 0 saturated carbocycles. The van der Waals surface area contributed by atoms with Crippen LogP contribution in [0.5, 0.6) is 5.75 Å². The van der Waals surface area contributed by atoms with Gasteiger partial charge in [-0.2, -0.15) is 5.26 Å². The van der Waals surface area contributed by atoms with Crippen LogP contribution in [-0.2, 0) is 20.7 Å². The number of thioether (sulfide) groups is 1. The summed E-state index contributed by atoms with van der Waals surface area (Å²) < 4.78 is 11.1. The lowest BCUT2D eigenvalue weighted by Gasteiger charge is -2.25. The minimum absolute atomic E-state index is 0.00156. The number of methoxy groups -OCH3 is 1. The fourth-order valence-electron chi connectivity index (χ4n) is 4.86. The average molecular weight is 529 g/mol. The molecule has 1 aliphatic heterocycles. The Morgan fingerprint density at radius 1 is 1.08 bits per heavy atom. The Bertz CT molecular complexity index is 1290. The lowest BCUT2D eigenvalue weighted by Crippen LogP contribution is -2.38. The molecule has 1 amide bonds. The molecule has 0 spiro atoms. The molecule has 0 aromatic heterocycles. The van der Waals surface area contributed by atoms with E-state index in [1.807, 2.05) is 65.8 Å². The molecule has 1 heterocycles. The molecule has 0 N–H and O–H groups in total. The van der Waals surface area contributed by atoms with E-state index in [9.17, 15) is 9.59 Å². The summed E-state index contributed by atoms with van der Waals surface area (Å²) in [5, 5.41) is 9.06. The lowest BCUT2D eigenvalue weighted by molar-refractivity contribution is -0.144. The van der Waals surface area contributed by atoms with E-state index in [1.165, 1.54) is 12.7 Å². The molecular formula is C31H32N2O4S. The van der Waals surface area contributed by atoms with Crippen molar-refractivity contribution in [2.24, 2.45) is 5.92 Å². The Kier molecular flexibility index (Phi) is 9.45. The third-order valence-electron chi connectivity index (χ3n) is 6.92. The van der Waals surface area contributed by atoms with E-state index in [2.05, 4.69) is 24.3 Å². The topological polar surface area (TPSA) is 79.6 Å². The van der Waals surface area contributed by atoms with Gasteiger partial charge in [0.2, 0.25) is 5.91 Å². The second-order valence-corrected chi connectivity index (χ2v) is 10.2. The molecule has 0 radical (unpaired) electrons. The molecule has 1 fully saturated rings. The summed E-state index contributed by atoms with van der Waals surface area (Å²) in [6.07, 6.45) is 4.39. The minimum atomic E-state index is -0.383. The summed E-state index contributed by atoms with van der Waals surface area (Å²) >= 11 is 1.60. The van der Waals surface area contributed by atoms with Gasteiger partial charge in [0.15, 0.2) is 0 Å². The van der Waals surface area contributed by atoms with Crippen LogP contribution >= 0.6 is 11.8 Å². The number of rotatable bonds is 11. The molecule has 1 saturated heterocycles. The highest BCUT2D eigenvalue weighted by Crippen LogP contribution is 2.34. The molecule has 3 aromatic carbocycles. The maximum Gasteiger partial charge on any atom is 0.306 e. The van der Waals surface area contributed by atoms with Crippen LogP contribution in [0.4, 0.5) is 0 Å². The first kappa shape index (κ1) is 27.3. The number of ether oxygens (including phenoxy) is 2. The third kappa shape index (κ3) is 6.76. The van der Waals surface area contributed by atoms with Gasteiger partial charge in [-0.1, -0.05) is 48.5 Å². The Morgan fingerprint density at radius 2 is 1.82 bits per heavy atom. The van der Waals surface area contributed by atoms with Gasteiger partial charge < -0.3 is 14.4 Å². The van der Waals surface area contributed by atoms with Crippen LogP contribution in [0.3, 0.4) is 0 Å². The molecule has 196 valence electrons. The van der Waals surface area contributed by atoms with Gasteiger partial charge in [0.25, 0.3) is 0 Å². The highest BCUT2D eigenvalue weighted by molar-refractivity contribution is 7.98. The Balaban J connectivity index is 1.45. The summed E-state index contributed by atoms with van der Waals surface area (Å²) in [6.45, 7) is 0.977. The Labute approximate surface area is 228 Å². The van der Waals surface area contributed by atoms with Crippen LogP contribution in [0.15, 0.2) is 77.7 Å². The second kappa shape index (κ2) is 13.2. The predicted molar refractivity (Wildman–Crippen MR) is 149 cm³/mol. The highest BCUT2D eigenvalue weighted by Gasteiger charge is 2.40. The van der Waals surface area contributed by atoms with Gasteiger partial charge in [0.1, 0.15) is 12.4 Å². The van der Waals surface area contributed by atoms with Gasteiger partial charge in [-0.25, -0.2) is 0 Å². The van der Waals surface area contributed by atoms with E-state index < -0.39 is 0 Å². The molecule has 0 aliphatic carbocycles. The van der Waals surface area contributed by atoms with Gasteiger partial charge in [-0.3, -0.25) is 9.59 Å². The van der Waals surface area contributed by atoms with Crippen LogP contribution in [0.2, 0.25) is 0 Å². The largest absolute Gasteiger partial charge is 0.490 e.